The number of rotatable bonds is 17. The van der Waals surface area contributed by atoms with Gasteiger partial charge in [0, 0.05) is 18.8 Å². The maximum Gasteiger partial charge on any atom is 0.307 e. The van der Waals surface area contributed by atoms with Crippen LogP contribution in [0.2, 0.25) is 0 Å². The van der Waals surface area contributed by atoms with Gasteiger partial charge in [-0.3, -0.25) is 14.4 Å². The zero-order chi connectivity index (χ0) is 38.9. The van der Waals surface area contributed by atoms with Gasteiger partial charge >= 0.3 is 11.9 Å². The number of carbonyl (C=O) groups is 3. The molecule has 2 heterocycles. The molecule has 53 heavy (non-hydrogen) atoms. The summed E-state index contributed by atoms with van der Waals surface area (Å²) in [6.45, 7) is 13.1. The molecule has 0 bridgehead atoms. The minimum atomic E-state index is -0.519. The summed E-state index contributed by atoms with van der Waals surface area (Å²) in [7, 11) is 0. The Bertz CT molecular complexity index is 1370. The molecule has 0 unspecified atom stereocenters. The number of nitrogens with one attached hydrogen (secondary N) is 1. The highest BCUT2D eigenvalue weighted by Crippen LogP contribution is 2.33. The predicted molar refractivity (Wildman–Crippen MR) is 201 cm³/mol. The van der Waals surface area contributed by atoms with Gasteiger partial charge in [-0.25, -0.2) is 0 Å². The van der Waals surface area contributed by atoms with E-state index < -0.39 is 11.2 Å². The highest BCUT2D eigenvalue weighted by molar-refractivity contribution is 5.72. The van der Waals surface area contributed by atoms with Crippen LogP contribution in [0.25, 0.3) is 0 Å². The molecule has 4 rings (SSSR count). The molecule has 0 spiro atoms. The number of hydrogen-bond donors (Lipinski definition) is 2. The van der Waals surface area contributed by atoms with E-state index in [0.29, 0.717) is 23.4 Å². The topological polar surface area (TPSA) is 186 Å². The second-order valence-electron chi connectivity index (χ2n) is 17.1. The highest BCUT2D eigenvalue weighted by Gasteiger charge is 2.28. The lowest BCUT2D eigenvalue weighted by Crippen LogP contribution is -2.25. The lowest BCUT2D eigenvalue weighted by molar-refractivity contribution is -0.156. The first-order valence-electron chi connectivity index (χ1n) is 20.1. The van der Waals surface area contributed by atoms with Crippen molar-refractivity contribution >= 4 is 17.8 Å². The molecule has 2 atom stereocenters. The molecule has 0 saturated heterocycles. The van der Waals surface area contributed by atoms with Crippen molar-refractivity contribution in [2.75, 3.05) is 0 Å². The van der Waals surface area contributed by atoms with E-state index in [9.17, 15) is 14.4 Å². The number of carbonyl (C=O) groups excluding carboxylic acids is 3. The molecule has 13 nitrogen and oxygen atoms in total. The number of nitrogens with zero attached hydrogens (tertiary/aromatic N) is 4. The Kier molecular flexibility index (Phi) is 18.4. The van der Waals surface area contributed by atoms with Crippen molar-refractivity contribution in [1.82, 2.24) is 25.6 Å². The molecule has 2 saturated carbocycles. The smallest absolute Gasteiger partial charge is 0.307 e. The van der Waals surface area contributed by atoms with Crippen LogP contribution in [0.15, 0.2) is 9.05 Å². The SMILES string of the molecule is CC(=O)NCc1noc([C@H](CCCC2CCCCC2)CC(=O)OC(C)(C)C)n1.CC(C)(C)OC(=O)C[C@@H](CCCC1CCCCC1)c1nc(CN)no1. The van der Waals surface area contributed by atoms with Crippen LogP contribution in [-0.2, 0) is 36.9 Å². The summed E-state index contributed by atoms with van der Waals surface area (Å²) in [5.41, 5.74) is 4.56. The van der Waals surface area contributed by atoms with Crippen molar-refractivity contribution in [3.8, 4) is 0 Å². The standard InChI is InChI=1S/C21H35N3O4.C19H33N3O3/c1-15(25)22-14-18-23-20(28-24-18)17(13-19(26)27-21(2,3)4)12-8-11-16-9-6-5-7-10-16;1-19(2,3)24-17(23)12-15(18-21-16(13-20)22-25-18)11-7-10-14-8-5-4-6-9-14/h16-17H,5-14H2,1-4H3,(H,22,25);14-15H,4-13,20H2,1-3H3/t17-;15-/m11/s1. The average Bonchev–Trinajstić information content (AvgIpc) is 3.77. The van der Waals surface area contributed by atoms with Crippen LogP contribution in [0.5, 0.6) is 0 Å². The van der Waals surface area contributed by atoms with Crippen LogP contribution in [0, 0.1) is 11.8 Å². The zero-order valence-corrected chi connectivity index (χ0v) is 33.7. The third-order valence-electron chi connectivity index (χ3n) is 9.79. The lowest BCUT2D eigenvalue weighted by atomic mass is 9.84. The Labute approximate surface area is 317 Å². The first-order chi connectivity index (χ1) is 25.1. The van der Waals surface area contributed by atoms with E-state index >= 15 is 0 Å². The summed E-state index contributed by atoms with van der Waals surface area (Å²) < 4.78 is 21.7. The van der Waals surface area contributed by atoms with Gasteiger partial charge in [0.15, 0.2) is 11.6 Å². The molecule has 1 amide bonds. The van der Waals surface area contributed by atoms with Gasteiger partial charge in [0.1, 0.15) is 11.2 Å². The third kappa shape index (κ3) is 18.5. The van der Waals surface area contributed by atoms with Crippen molar-refractivity contribution in [2.24, 2.45) is 17.6 Å². The predicted octanol–water partition coefficient (Wildman–Crippen LogP) is 8.37. The molecule has 3 N–H and O–H groups in total. The number of aromatic nitrogens is 4. The molecule has 13 heteroatoms. The van der Waals surface area contributed by atoms with E-state index in [1.54, 1.807) is 0 Å². The lowest BCUT2D eigenvalue weighted by Gasteiger charge is -2.23. The molecular formula is C40H68N6O7. The zero-order valence-electron chi connectivity index (χ0n) is 33.7. The van der Waals surface area contributed by atoms with Gasteiger partial charge in [0.25, 0.3) is 0 Å². The monoisotopic (exact) mass is 745 g/mol. The molecule has 0 radical (unpaired) electrons. The van der Waals surface area contributed by atoms with E-state index in [2.05, 4.69) is 25.6 Å². The Balaban J connectivity index is 0.000000287. The molecule has 2 aliphatic rings. The average molecular weight is 745 g/mol. The van der Waals surface area contributed by atoms with Crippen LogP contribution in [0.1, 0.15) is 199 Å². The van der Waals surface area contributed by atoms with Crippen molar-refractivity contribution in [2.45, 2.75) is 200 Å². The second-order valence-corrected chi connectivity index (χ2v) is 17.1. The van der Waals surface area contributed by atoms with Crippen LogP contribution < -0.4 is 11.1 Å². The number of hydrogen-bond acceptors (Lipinski definition) is 12. The fourth-order valence-electron chi connectivity index (χ4n) is 7.28. The number of amides is 1. The molecule has 2 fully saturated rings. The van der Waals surface area contributed by atoms with Crippen molar-refractivity contribution in [1.29, 1.82) is 0 Å². The first kappa shape index (κ1) is 44.0. The molecular weight excluding hydrogens is 676 g/mol. The summed E-state index contributed by atoms with van der Waals surface area (Å²) in [4.78, 5) is 44.4. The van der Waals surface area contributed by atoms with Gasteiger partial charge in [0.05, 0.1) is 25.9 Å². The van der Waals surface area contributed by atoms with Gasteiger partial charge < -0.3 is 29.6 Å². The minimum Gasteiger partial charge on any atom is -0.460 e. The maximum atomic E-state index is 12.4. The quantitative estimate of drug-likeness (QED) is 0.148. The van der Waals surface area contributed by atoms with Crippen LogP contribution in [0.3, 0.4) is 0 Å². The van der Waals surface area contributed by atoms with Crippen molar-refractivity contribution in [3.63, 3.8) is 0 Å². The summed E-state index contributed by atoms with van der Waals surface area (Å²) in [5.74, 6) is 2.63. The normalized spacial score (nSPS) is 17.0. The number of ether oxygens (including phenoxy) is 2. The van der Waals surface area contributed by atoms with Crippen LogP contribution in [0.4, 0.5) is 0 Å². The summed E-state index contributed by atoms with van der Waals surface area (Å²) in [6.07, 6.45) is 20.1. The minimum absolute atomic E-state index is 0.0914. The Morgan fingerprint density at radius 1 is 0.717 bits per heavy atom. The number of esters is 2. The van der Waals surface area contributed by atoms with Crippen molar-refractivity contribution < 1.29 is 32.9 Å². The third-order valence-corrected chi connectivity index (χ3v) is 9.79. The molecule has 2 aromatic heterocycles. The fourth-order valence-corrected chi connectivity index (χ4v) is 7.28. The summed E-state index contributed by atoms with van der Waals surface area (Å²) in [5, 5.41) is 10.5. The van der Waals surface area contributed by atoms with Crippen molar-refractivity contribution in [3.05, 3.63) is 23.4 Å². The van der Waals surface area contributed by atoms with E-state index in [1.807, 2.05) is 41.5 Å². The summed E-state index contributed by atoms with van der Waals surface area (Å²) in [6, 6.07) is 0. The largest absolute Gasteiger partial charge is 0.460 e. The molecule has 0 aromatic carbocycles. The molecule has 2 aromatic rings. The highest BCUT2D eigenvalue weighted by atomic mass is 16.6. The Hall–Kier alpha value is -3.35. The van der Waals surface area contributed by atoms with E-state index in [0.717, 1.165) is 37.5 Å². The van der Waals surface area contributed by atoms with Crippen LogP contribution in [-0.4, -0.2) is 49.3 Å². The molecule has 0 aliphatic heterocycles. The van der Waals surface area contributed by atoms with Gasteiger partial charge in [-0.1, -0.05) is 100 Å². The maximum absolute atomic E-state index is 12.4. The Morgan fingerprint density at radius 3 is 1.51 bits per heavy atom. The van der Waals surface area contributed by atoms with Crippen LogP contribution >= 0.6 is 0 Å². The molecule has 300 valence electrons. The van der Waals surface area contributed by atoms with Gasteiger partial charge in [-0.2, -0.15) is 9.97 Å². The van der Waals surface area contributed by atoms with E-state index in [4.69, 9.17) is 24.3 Å². The van der Waals surface area contributed by atoms with E-state index in [-0.39, 0.29) is 55.6 Å². The second kappa shape index (κ2) is 22.1. The molecule has 2 aliphatic carbocycles. The van der Waals surface area contributed by atoms with Gasteiger partial charge in [-0.05, 0) is 66.2 Å². The van der Waals surface area contributed by atoms with E-state index in [1.165, 1.54) is 84.0 Å². The van der Waals surface area contributed by atoms with Gasteiger partial charge in [0.2, 0.25) is 17.7 Å². The Morgan fingerprint density at radius 2 is 1.13 bits per heavy atom. The first-order valence-corrected chi connectivity index (χ1v) is 20.1. The fraction of sp³-hybridized carbons (Fsp3) is 0.825. The van der Waals surface area contributed by atoms with Gasteiger partial charge in [-0.15, -0.1) is 0 Å². The summed E-state index contributed by atoms with van der Waals surface area (Å²) >= 11 is 0. The number of nitrogens with two attached hydrogens (primary N) is 1.